The van der Waals surface area contributed by atoms with Crippen LogP contribution in [0.15, 0.2) is 42.6 Å². The number of amides is 1. The molecule has 1 aromatic carbocycles. The van der Waals surface area contributed by atoms with Crippen LogP contribution in [0.3, 0.4) is 0 Å². The molecule has 1 aromatic heterocycles. The maximum absolute atomic E-state index is 12.4. The molecule has 0 fully saturated rings. The Morgan fingerprint density at radius 3 is 2.61 bits per heavy atom. The third kappa shape index (κ3) is 4.70. The Balaban J connectivity index is 1.91. The van der Waals surface area contributed by atoms with Gasteiger partial charge in [0.2, 0.25) is 0 Å². The van der Waals surface area contributed by atoms with Gasteiger partial charge in [-0.2, -0.15) is 13.2 Å². The molecule has 2 rings (SSSR count). The molecule has 1 amide bonds. The van der Waals surface area contributed by atoms with Crippen molar-refractivity contribution >= 4 is 11.7 Å². The van der Waals surface area contributed by atoms with Gasteiger partial charge in [0.05, 0.1) is 5.56 Å². The number of hydrogen-bond donors (Lipinski definition) is 2. The summed E-state index contributed by atoms with van der Waals surface area (Å²) < 4.78 is 37.3. The van der Waals surface area contributed by atoms with Crippen molar-refractivity contribution in [3.05, 3.63) is 59.3 Å². The average Bonchev–Trinajstić information content (AvgIpc) is 2.54. The first-order valence-corrected chi connectivity index (χ1v) is 6.98. The Bertz CT molecular complexity index is 669. The summed E-state index contributed by atoms with van der Waals surface area (Å²) >= 11 is 0. The van der Waals surface area contributed by atoms with Crippen molar-refractivity contribution in [1.82, 2.24) is 10.3 Å². The first kappa shape index (κ1) is 16.8. The van der Waals surface area contributed by atoms with Gasteiger partial charge in [-0.05, 0) is 36.2 Å². The van der Waals surface area contributed by atoms with E-state index < -0.39 is 11.7 Å². The predicted molar refractivity (Wildman–Crippen MR) is 81.3 cm³/mol. The maximum Gasteiger partial charge on any atom is 0.417 e. The fraction of sp³-hybridized carbons (Fsp3) is 0.250. The second kappa shape index (κ2) is 7.13. The molecular formula is C16H16F3N3O. The molecule has 0 saturated carbocycles. The highest BCUT2D eigenvalue weighted by molar-refractivity contribution is 5.94. The normalized spacial score (nSPS) is 11.1. The Hall–Kier alpha value is -2.57. The van der Waals surface area contributed by atoms with Gasteiger partial charge in [-0.1, -0.05) is 12.1 Å². The molecule has 0 bridgehead atoms. The summed E-state index contributed by atoms with van der Waals surface area (Å²) in [4.78, 5) is 15.3. The second-order valence-electron chi connectivity index (χ2n) is 4.89. The van der Waals surface area contributed by atoms with Crippen LogP contribution in [0.4, 0.5) is 19.0 Å². The van der Waals surface area contributed by atoms with Gasteiger partial charge >= 0.3 is 6.18 Å². The third-order valence-corrected chi connectivity index (χ3v) is 3.23. The van der Waals surface area contributed by atoms with E-state index in [0.717, 1.165) is 17.8 Å². The maximum atomic E-state index is 12.4. The molecule has 23 heavy (non-hydrogen) atoms. The lowest BCUT2D eigenvalue weighted by Crippen LogP contribution is -2.18. The summed E-state index contributed by atoms with van der Waals surface area (Å²) in [6, 6.07) is 9.45. The summed E-state index contributed by atoms with van der Waals surface area (Å²) in [6.45, 7) is 0.496. The van der Waals surface area contributed by atoms with E-state index >= 15 is 0 Å². The minimum atomic E-state index is -4.38. The van der Waals surface area contributed by atoms with Gasteiger partial charge in [0.1, 0.15) is 5.82 Å². The number of aromatic nitrogens is 1. The highest BCUT2D eigenvalue weighted by Gasteiger charge is 2.30. The fourth-order valence-electron chi connectivity index (χ4n) is 2.01. The Morgan fingerprint density at radius 1 is 1.22 bits per heavy atom. The molecule has 0 unspecified atom stereocenters. The predicted octanol–water partition coefficient (Wildman–Crippen LogP) is 3.11. The molecule has 4 nitrogen and oxygen atoms in total. The Kier molecular flexibility index (Phi) is 5.20. The average molecular weight is 323 g/mol. The molecule has 2 N–H and O–H groups in total. The number of hydrogen-bond acceptors (Lipinski definition) is 3. The molecule has 0 aliphatic heterocycles. The van der Waals surface area contributed by atoms with E-state index in [1.54, 1.807) is 25.2 Å². The Morgan fingerprint density at radius 2 is 2.00 bits per heavy atom. The quantitative estimate of drug-likeness (QED) is 0.889. The van der Waals surface area contributed by atoms with E-state index in [-0.39, 0.29) is 5.91 Å². The zero-order valence-electron chi connectivity index (χ0n) is 12.4. The molecular weight excluding hydrogens is 307 g/mol. The van der Waals surface area contributed by atoms with Crippen LogP contribution in [-0.2, 0) is 12.6 Å². The number of alkyl halides is 3. The van der Waals surface area contributed by atoms with Gasteiger partial charge in [-0.25, -0.2) is 4.98 Å². The van der Waals surface area contributed by atoms with Crippen molar-refractivity contribution in [3.63, 3.8) is 0 Å². The summed E-state index contributed by atoms with van der Waals surface area (Å²) in [6.07, 6.45) is -2.96. The SMILES string of the molecule is CNC(=O)c1cccc(CCNc2ccc(C(F)(F)F)cn2)c1. The van der Waals surface area contributed by atoms with Gasteiger partial charge in [0.15, 0.2) is 0 Å². The summed E-state index contributed by atoms with van der Waals surface area (Å²) in [5.41, 5.74) is 0.740. The highest BCUT2D eigenvalue weighted by atomic mass is 19.4. The lowest BCUT2D eigenvalue weighted by molar-refractivity contribution is -0.137. The molecule has 0 aliphatic rings. The lowest BCUT2D eigenvalue weighted by atomic mass is 10.1. The molecule has 0 radical (unpaired) electrons. The monoisotopic (exact) mass is 323 g/mol. The Labute approximate surface area is 131 Å². The number of nitrogens with zero attached hydrogens (tertiary/aromatic N) is 1. The van der Waals surface area contributed by atoms with Crippen LogP contribution >= 0.6 is 0 Å². The second-order valence-corrected chi connectivity index (χ2v) is 4.89. The number of carbonyl (C=O) groups is 1. The minimum absolute atomic E-state index is 0.163. The van der Waals surface area contributed by atoms with Crippen molar-refractivity contribution in [1.29, 1.82) is 0 Å². The lowest BCUT2D eigenvalue weighted by Gasteiger charge is -2.09. The molecule has 7 heteroatoms. The standard InChI is InChI=1S/C16H16F3N3O/c1-20-15(23)12-4-2-3-11(9-12)7-8-21-14-6-5-13(10-22-14)16(17,18)19/h2-6,9-10H,7-8H2,1H3,(H,20,23)(H,21,22). The number of anilines is 1. The van der Waals surface area contributed by atoms with Crippen LogP contribution in [0.2, 0.25) is 0 Å². The largest absolute Gasteiger partial charge is 0.417 e. The number of halogens is 3. The van der Waals surface area contributed by atoms with Gasteiger partial charge in [0, 0.05) is 25.4 Å². The van der Waals surface area contributed by atoms with Crippen molar-refractivity contribution in [2.24, 2.45) is 0 Å². The van der Waals surface area contributed by atoms with Crippen molar-refractivity contribution in [2.45, 2.75) is 12.6 Å². The van der Waals surface area contributed by atoms with E-state index in [9.17, 15) is 18.0 Å². The van der Waals surface area contributed by atoms with Crippen molar-refractivity contribution < 1.29 is 18.0 Å². The van der Waals surface area contributed by atoms with Gasteiger partial charge < -0.3 is 10.6 Å². The summed E-state index contributed by atoms with van der Waals surface area (Å²) in [7, 11) is 1.56. The molecule has 1 heterocycles. The summed E-state index contributed by atoms with van der Waals surface area (Å²) in [5.74, 6) is 0.213. The summed E-state index contributed by atoms with van der Waals surface area (Å²) in [5, 5.41) is 5.51. The smallest absolute Gasteiger partial charge is 0.370 e. The van der Waals surface area contributed by atoms with Crippen LogP contribution in [0.1, 0.15) is 21.5 Å². The number of benzene rings is 1. The fourth-order valence-corrected chi connectivity index (χ4v) is 2.01. The molecule has 2 aromatic rings. The van der Waals surface area contributed by atoms with Gasteiger partial charge in [-0.3, -0.25) is 4.79 Å². The van der Waals surface area contributed by atoms with E-state index in [0.29, 0.717) is 24.3 Å². The van der Waals surface area contributed by atoms with Crippen LogP contribution in [0.5, 0.6) is 0 Å². The van der Waals surface area contributed by atoms with Gasteiger partial charge in [0.25, 0.3) is 5.91 Å². The van der Waals surface area contributed by atoms with E-state index in [2.05, 4.69) is 15.6 Å². The first-order valence-electron chi connectivity index (χ1n) is 6.98. The van der Waals surface area contributed by atoms with E-state index in [1.165, 1.54) is 6.07 Å². The minimum Gasteiger partial charge on any atom is -0.370 e. The van der Waals surface area contributed by atoms with Crippen LogP contribution in [0.25, 0.3) is 0 Å². The first-order chi connectivity index (χ1) is 10.9. The zero-order chi connectivity index (χ0) is 16.9. The number of pyridine rings is 1. The zero-order valence-corrected chi connectivity index (χ0v) is 12.4. The van der Waals surface area contributed by atoms with E-state index in [4.69, 9.17) is 0 Å². The number of carbonyl (C=O) groups excluding carboxylic acids is 1. The van der Waals surface area contributed by atoms with E-state index in [1.807, 2.05) is 6.07 Å². The van der Waals surface area contributed by atoms with Crippen LogP contribution < -0.4 is 10.6 Å². The molecule has 0 saturated heterocycles. The van der Waals surface area contributed by atoms with Crippen LogP contribution in [0, 0.1) is 0 Å². The molecule has 0 atom stereocenters. The molecule has 0 aliphatic carbocycles. The number of rotatable bonds is 5. The third-order valence-electron chi connectivity index (χ3n) is 3.23. The number of nitrogens with one attached hydrogen (secondary N) is 2. The molecule has 122 valence electrons. The van der Waals surface area contributed by atoms with Crippen molar-refractivity contribution in [2.75, 3.05) is 18.9 Å². The highest BCUT2D eigenvalue weighted by Crippen LogP contribution is 2.28. The van der Waals surface area contributed by atoms with Crippen LogP contribution in [-0.4, -0.2) is 24.5 Å². The molecule has 0 spiro atoms. The topological polar surface area (TPSA) is 54.0 Å². The van der Waals surface area contributed by atoms with Crippen molar-refractivity contribution in [3.8, 4) is 0 Å². The van der Waals surface area contributed by atoms with Gasteiger partial charge in [-0.15, -0.1) is 0 Å².